The summed E-state index contributed by atoms with van der Waals surface area (Å²) in [6.45, 7) is 0. The van der Waals surface area contributed by atoms with Crippen molar-refractivity contribution in [1.29, 1.82) is 0 Å². The maximum atomic E-state index is 7.13. The SMILES string of the molecule is C(=C\c1ccncc1)/c1ccncc1.C(=C\c1ccncc1)/c1ccncc1.[Mn+2].[N-]=C=S.[N-]=C=S.[OH3+].[OH3+]. The molecule has 0 saturated heterocycles. The molecule has 4 aromatic heterocycles. The Morgan fingerprint density at radius 2 is 0.595 bits per heavy atom. The third-order valence-corrected chi connectivity index (χ3v) is 3.76. The molecular formula is C26H26MnN6O2S2+2. The van der Waals surface area contributed by atoms with Gasteiger partial charge in [0.25, 0.3) is 0 Å². The number of thiocarbonyl (C=S) groups is 2. The van der Waals surface area contributed by atoms with Crippen molar-refractivity contribution in [1.82, 2.24) is 19.9 Å². The van der Waals surface area contributed by atoms with Gasteiger partial charge >= 0.3 is 17.1 Å². The van der Waals surface area contributed by atoms with Crippen molar-refractivity contribution in [3.05, 3.63) is 131 Å². The predicted molar refractivity (Wildman–Crippen MR) is 156 cm³/mol. The topological polar surface area (TPSA) is 162 Å². The summed E-state index contributed by atoms with van der Waals surface area (Å²) in [6.07, 6.45) is 22.5. The van der Waals surface area contributed by atoms with Gasteiger partial charge in [-0.25, -0.2) is 0 Å². The van der Waals surface area contributed by atoms with Gasteiger partial charge in [0.05, 0.1) is 0 Å². The summed E-state index contributed by atoms with van der Waals surface area (Å²) in [7, 11) is 0. The Labute approximate surface area is 237 Å². The molecule has 37 heavy (non-hydrogen) atoms. The number of isothiocyanates is 2. The molecule has 11 heteroatoms. The van der Waals surface area contributed by atoms with Crippen LogP contribution in [0.15, 0.2) is 98.1 Å². The van der Waals surface area contributed by atoms with Gasteiger partial charge in [0.15, 0.2) is 0 Å². The fraction of sp³-hybridized carbons (Fsp3) is 0. The van der Waals surface area contributed by atoms with Crippen molar-refractivity contribution < 1.29 is 28.0 Å². The maximum Gasteiger partial charge on any atom is 2.00 e. The van der Waals surface area contributed by atoms with E-state index < -0.39 is 0 Å². The van der Waals surface area contributed by atoms with E-state index in [9.17, 15) is 0 Å². The minimum absolute atomic E-state index is 0. The molecule has 0 aromatic carbocycles. The van der Waals surface area contributed by atoms with Crippen LogP contribution < -0.4 is 0 Å². The van der Waals surface area contributed by atoms with Crippen LogP contribution >= 0.6 is 24.4 Å². The molecule has 0 aliphatic heterocycles. The van der Waals surface area contributed by atoms with Gasteiger partial charge in [-0.15, -0.1) is 0 Å². The molecule has 4 aromatic rings. The zero-order valence-electron chi connectivity index (χ0n) is 19.6. The number of aromatic nitrogens is 4. The molecule has 0 atom stereocenters. The van der Waals surface area contributed by atoms with Crippen molar-refractivity contribution in [2.45, 2.75) is 0 Å². The second-order valence-corrected chi connectivity index (χ2v) is 6.34. The molecule has 6 N–H and O–H groups in total. The molecular weight excluding hydrogens is 547 g/mol. The smallest absolute Gasteiger partial charge is 0.753 e. The zero-order chi connectivity index (χ0) is 24.7. The number of nitrogens with zero attached hydrogens (tertiary/aromatic N) is 6. The minimum Gasteiger partial charge on any atom is -0.753 e. The summed E-state index contributed by atoms with van der Waals surface area (Å²) >= 11 is 7.40. The average Bonchev–Trinajstić information content (AvgIpc) is 2.90. The van der Waals surface area contributed by atoms with E-state index in [2.05, 4.69) is 68.7 Å². The van der Waals surface area contributed by atoms with Crippen molar-refractivity contribution in [3.8, 4) is 0 Å². The fourth-order valence-corrected chi connectivity index (χ4v) is 2.28. The summed E-state index contributed by atoms with van der Waals surface area (Å²) < 4.78 is 0. The summed E-state index contributed by atoms with van der Waals surface area (Å²) in [4.78, 5) is 15.8. The van der Waals surface area contributed by atoms with E-state index in [1.807, 2.05) is 48.5 Å². The predicted octanol–water partition coefficient (Wildman–Crippen LogP) is 4.76. The number of hydrogen-bond acceptors (Lipinski definition) is 6. The first kappa shape index (κ1) is 37.7. The Morgan fingerprint density at radius 1 is 0.459 bits per heavy atom. The molecule has 4 heterocycles. The van der Waals surface area contributed by atoms with Gasteiger partial charge in [-0.2, -0.15) is 10.3 Å². The second kappa shape index (κ2) is 26.7. The molecule has 8 nitrogen and oxygen atoms in total. The first-order chi connectivity index (χ1) is 16.7. The van der Waals surface area contributed by atoms with Crippen molar-refractivity contribution in [3.63, 3.8) is 0 Å². The number of pyridine rings is 4. The molecule has 1 radical (unpaired) electrons. The van der Waals surface area contributed by atoms with Crippen LogP contribution in [0.4, 0.5) is 0 Å². The van der Waals surface area contributed by atoms with Crippen LogP contribution in [0.3, 0.4) is 0 Å². The molecule has 0 unspecified atom stereocenters. The molecule has 0 aliphatic rings. The van der Waals surface area contributed by atoms with Gasteiger partial charge < -0.3 is 21.8 Å². The normalized spacial score (nSPS) is 8.43. The Kier molecular flexibility index (Phi) is 27.2. The summed E-state index contributed by atoms with van der Waals surface area (Å²) in [5.74, 6) is 0. The van der Waals surface area contributed by atoms with Gasteiger partial charge in [0.1, 0.15) is 0 Å². The van der Waals surface area contributed by atoms with Gasteiger partial charge in [-0.1, -0.05) is 48.7 Å². The fourth-order valence-electron chi connectivity index (χ4n) is 2.28. The first-order valence-corrected chi connectivity index (χ1v) is 10.5. The molecule has 189 valence electrons. The monoisotopic (exact) mass is 573 g/mol. The van der Waals surface area contributed by atoms with E-state index in [1.54, 1.807) is 49.6 Å². The van der Waals surface area contributed by atoms with Crippen LogP contribution in [-0.2, 0) is 28.0 Å². The van der Waals surface area contributed by atoms with Crippen molar-refractivity contribution in [2.75, 3.05) is 0 Å². The third-order valence-electron chi connectivity index (χ3n) is 3.76. The van der Waals surface area contributed by atoms with Crippen LogP contribution in [0.25, 0.3) is 35.1 Å². The van der Waals surface area contributed by atoms with E-state index in [0.29, 0.717) is 0 Å². The van der Waals surface area contributed by atoms with Crippen molar-refractivity contribution >= 4 is 59.1 Å². The standard InChI is InChI=1S/2C12H10N2.2CNS.Mn.2H2O/c2*1(11-3-7-13-8-4-11)2-12-5-9-14-10-6-12;2*2-1-3;;;/h2*1-10H;;;;2*1H2/q;;2*-1;+2;;/p+2/b2*2-1+;;;;;. The van der Waals surface area contributed by atoms with E-state index >= 15 is 0 Å². The molecule has 0 saturated carbocycles. The van der Waals surface area contributed by atoms with Gasteiger partial charge in [0, 0.05) is 49.6 Å². The summed E-state index contributed by atoms with van der Waals surface area (Å²) in [6, 6.07) is 15.8. The Morgan fingerprint density at radius 3 is 0.730 bits per heavy atom. The summed E-state index contributed by atoms with van der Waals surface area (Å²) in [5.41, 5.74) is 4.60. The van der Waals surface area contributed by atoms with E-state index in [1.165, 1.54) is 10.3 Å². The second-order valence-electron chi connectivity index (χ2n) is 5.97. The largest absolute Gasteiger partial charge is 2.00 e. The van der Waals surface area contributed by atoms with E-state index in [0.717, 1.165) is 22.3 Å². The van der Waals surface area contributed by atoms with Crippen molar-refractivity contribution in [2.24, 2.45) is 0 Å². The quantitative estimate of drug-likeness (QED) is 0.148. The van der Waals surface area contributed by atoms with Crippen LogP contribution in [0.5, 0.6) is 0 Å². The van der Waals surface area contributed by atoms with Gasteiger partial charge in [-0.3, -0.25) is 19.9 Å². The third kappa shape index (κ3) is 20.1. The van der Waals surface area contributed by atoms with Crippen LogP contribution in [0.1, 0.15) is 22.3 Å². The van der Waals surface area contributed by atoms with E-state index in [4.69, 9.17) is 10.8 Å². The number of hydrogen-bond donors (Lipinski definition) is 0. The van der Waals surface area contributed by atoms with Crippen LogP contribution in [-0.4, -0.2) is 30.3 Å². The molecule has 0 spiro atoms. The Hall–Kier alpha value is -3.88. The van der Waals surface area contributed by atoms with E-state index in [-0.39, 0.29) is 28.0 Å². The molecule has 0 aliphatic carbocycles. The Balaban J connectivity index is -0.000000483. The molecule has 4 rings (SSSR count). The average molecular weight is 574 g/mol. The zero-order valence-corrected chi connectivity index (χ0v) is 22.4. The minimum atomic E-state index is 0. The number of rotatable bonds is 4. The maximum absolute atomic E-state index is 7.13. The van der Waals surface area contributed by atoms with Gasteiger partial charge in [0.2, 0.25) is 0 Å². The molecule has 0 fully saturated rings. The van der Waals surface area contributed by atoms with Crippen LogP contribution in [0.2, 0.25) is 0 Å². The molecule has 0 amide bonds. The van der Waals surface area contributed by atoms with Gasteiger partial charge in [-0.05, 0) is 70.8 Å². The molecule has 0 bridgehead atoms. The van der Waals surface area contributed by atoms with Crippen LogP contribution in [0, 0.1) is 0 Å². The summed E-state index contributed by atoms with van der Waals surface area (Å²) in [5, 5.41) is 16.9. The first-order valence-electron chi connectivity index (χ1n) is 9.72. The Bertz CT molecular complexity index is 1010.